The van der Waals surface area contributed by atoms with Gasteiger partial charge in [0.2, 0.25) is 10.0 Å². The van der Waals surface area contributed by atoms with Crippen LogP contribution >= 0.6 is 0 Å². The molecule has 0 amide bonds. The molecular formula is C11H16N2O4S. The number of aliphatic hydroxyl groups excluding tert-OH is 1. The van der Waals surface area contributed by atoms with Crippen LogP contribution in [0.25, 0.3) is 0 Å². The lowest BCUT2D eigenvalue weighted by Crippen LogP contribution is -2.37. The number of ether oxygens (including phenoxy) is 1. The summed E-state index contributed by atoms with van der Waals surface area (Å²) in [4.78, 5) is 0.0264. The van der Waals surface area contributed by atoms with E-state index < -0.39 is 16.1 Å². The number of aliphatic hydroxyl groups is 1. The fourth-order valence-electron chi connectivity index (χ4n) is 1.99. The molecule has 0 saturated heterocycles. The molecule has 0 heterocycles. The molecule has 100 valence electrons. The molecule has 0 aromatic heterocycles. The molecule has 0 aliphatic heterocycles. The summed E-state index contributed by atoms with van der Waals surface area (Å²) >= 11 is 0. The maximum Gasteiger partial charge on any atom is 0.238 e. The highest BCUT2D eigenvalue weighted by Gasteiger charge is 2.33. The highest BCUT2D eigenvalue weighted by Crippen LogP contribution is 2.24. The predicted octanol–water partition coefficient (Wildman–Crippen LogP) is -0.437. The Morgan fingerprint density at radius 1 is 1.22 bits per heavy atom. The number of benzene rings is 1. The fourth-order valence-corrected chi connectivity index (χ4v) is 2.50. The quantitative estimate of drug-likeness (QED) is 0.690. The second-order valence-electron chi connectivity index (χ2n) is 4.40. The largest absolute Gasteiger partial charge is 0.488 e. The van der Waals surface area contributed by atoms with Crippen LogP contribution in [0.2, 0.25) is 0 Å². The van der Waals surface area contributed by atoms with Crippen molar-refractivity contribution < 1.29 is 18.3 Å². The van der Waals surface area contributed by atoms with Gasteiger partial charge in [0, 0.05) is 6.04 Å². The Hall–Kier alpha value is -1.15. The monoisotopic (exact) mass is 272 g/mol. The van der Waals surface area contributed by atoms with E-state index in [1.54, 1.807) is 0 Å². The average molecular weight is 272 g/mol. The van der Waals surface area contributed by atoms with E-state index in [9.17, 15) is 13.5 Å². The van der Waals surface area contributed by atoms with Gasteiger partial charge >= 0.3 is 0 Å². The molecule has 2 rings (SSSR count). The van der Waals surface area contributed by atoms with Crippen molar-refractivity contribution in [2.45, 2.75) is 36.0 Å². The zero-order chi connectivity index (χ0) is 13.3. The van der Waals surface area contributed by atoms with Crippen molar-refractivity contribution in [3.63, 3.8) is 0 Å². The third-order valence-electron chi connectivity index (χ3n) is 3.04. The molecule has 5 N–H and O–H groups in total. The van der Waals surface area contributed by atoms with Gasteiger partial charge in [-0.25, -0.2) is 13.6 Å². The predicted molar refractivity (Wildman–Crippen MR) is 65.4 cm³/mol. The van der Waals surface area contributed by atoms with Crippen molar-refractivity contribution in [2.75, 3.05) is 0 Å². The standard InChI is InChI=1S/C11H16N2O4S/c12-9-5-6-10(11(9)14)17-7-1-3-8(4-2-7)18(13,15)16/h1-4,9-11,14H,5-6,12H2,(H2,13,15,16). The molecule has 3 unspecified atom stereocenters. The lowest BCUT2D eigenvalue weighted by Gasteiger charge is -2.18. The Morgan fingerprint density at radius 2 is 1.83 bits per heavy atom. The number of hydrogen-bond acceptors (Lipinski definition) is 5. The van der Waals surface area contributed by atoms with Gasteiger partial charge in [-0.3, -0.25) is 0 Å². The van der Waals surface area contributed by atoms with Crippen LogP contribution in [0, 0.1) is 0 Å². The first-order valence-electron chi connectivity index (χ1n) is 5.61. The van der Waals surface area contributed by atoms with Gasteiger partial charge in [0.05, 0.1) is 4.90 Å². The zero-order valence-corrected chi connectivity index (χ0v) is 10.5. The van der Waals surface area contributed by atoms with Crippen LogP contribution in [0.15, 0.2) is 29.2 Å². The highest BCUT2D eigenvalue weighted by atomic mass is 32.2. The van der Waals surface area contributed by atoms with Gasteiger partial charge in [0.1, 0.15) is 18.0 Å². The van der Waals surface area contributed by atoms with Crippen LogP contribution in [0.5, 0.6) is 5.75 Å². The Morgan fingerprint density at radius 3 is 2.28 bits per heavy atom. The van der Waals surface area contributed by atoms with Crippen LogP contribution in [-0.4, -0.2) is 31.8 Å². The Labute approximate surface area is 106 Å². The molecule has 0 spiro atoms. The van der Waals surface area contributed by atoms with Crippen molar-refractivity contribution in [1.29, 1.82) is 0 Å². The molecule has 3 atom stereocenters. The third kappa shape index (κ3) is 2.81. The summed E-state index contributed by atoms with van der Waals surface area (Å²) in [6.45, 7) is 0. The average Bonchev–Trinajstić information content (AvgIpc) is 2.61. The molecule has 0 bridgehead atoms. The highest BCUT2D eigenvalue weighted by molar-refractivity contribution is 7.89. The Bertz CT molecular complexity index is 514. The molecule has 18 heavy (non-hydrogen) atoms. The minimum Gasteiger partial charge on any atom is -0.488 e. The van der Waals surface area contributed by atoms with Gasteiger partial charge in [-0.15, -0.1) is 0 Å². The summed E-state index contributed by atoms with van der Waals surface area (Å²) in [5, 5.41) is 14.7. The summed E-state index contributed by atoms with van der Waals surface area (Å²) in [6, 6.07) is 5.49. The van der Waals surface area contributed by atoms with Crippen LogP contribution in [0.4, 0.5) is 0 Å². The summed E-state index contributed by atoms with van der Waals surface area (Å²) in [5.41, 5.74) is 5.68. The molecule has 6 nitrogen and oxygen atoms in total. The van der Waals surface area contributed by atoms with E-state index in [0.29, 0.717) is 18.6 Å². The van der Waals surface area contributed by atoms with Gasteiger partial charge in [0.25, 0.3) is 0 Å². The number of hydrogen-bond donors (Lipinski definition) is 3. The van der Waals surface area contributed by atoms with Crippen molar-refractivity contribution in [3.8, 4) is 5.75 Å². The number of rotatable bonds is 3. The third-order valence-corrected chi connectivity index (χ3v) is 3.97. The smallest absolute Gasteiger partial charge is 0.238 e. The second-order valence-corrected chi connectivity index (χ2v) is 5.97. The maximum absolute atomic E-state index is 11.1. The van der Waals surface area contributed by atoms with Gasteiger partial charge in [-0.2, -0.15) is 0 Å². The molecule has 7 heteroatoms. The molecule has 0 radical (unpaired) electrons. The maximum atomic E-state index is 11.1. The topological polar surface area (TPSA) is 116 Å². The molecule has 1 aliphatic rings. The SMILES string of the molecule is NC1CCC(Oc2ccc(S(N)(=O)=O)cc2)C1O. The van der Waals surface area contributed by atoms with Crippen LogP contribution in [0.1, 0.15) is 12.8 Å². The second kappa shape index (κ2) is 4.85. The van der Waals surface area contributed by atoms with Crippen molar-refractivity contribution in [1.82, 2.24) is 0 Å². The van der Waals surface area contributed by atoms with Crippen LogP contribution < -0.4 is 15.6 Å². The number of primary sulfonamides is 1. The van der Waals surface area contributed by atoms with Crippen LogP contribution in [-0.2, 0) is 10.0 Å². The first-order valence-corrected chi connectivity index (χ1v) is 7.16. The van der Waals surface area contributed by atoms with E-state index in [1.165, 1.54) is 24.3 Å². The van der Waals surface area contributed by atoms with E-state index >= 15 is 0 Å². The van der Waals surface area contributed by atoms with E-state index in [1.807, 2.05) is 0 Å². The summed E-state index contributed by atoms with van der Waals surface area (Å²) in [6.07, 6.45) is 0.351. The van der Waals surface area contributed by atoms with Crippen molar-refractivity contribution in [3.05, 3.63) is 24.3 Å². The number of nitrogens with two attached hydrogens (primary N) is 2. The minimum atomic E-state index is -3.69. The molecule has 1 fully saturated rings. The molecule has 1 saturated carbocycles. The van der Waals surface area contributed by atoms with Gasteiger partial charge in [-0.1, -0.05) is 0 Å². The normalized spacial score (nSPS) is 28.3. The number of sulfonamides is 1. The minimum absolute atomic E-state index is 0.0264. The summed E-state index contributed by atoms with van der Waals surface area (Å²) < 4.78 is 27.7. The van der Waals surface area contributed by atoms with Gasteiger partial charge in [-0.05, 0) is 37.1 Å². The Kier molecular flexibility index (Phi) is 3.58. The summed E-state index contributed by atoms with van der Waals surface area (Å²) in [7, 11) is -3.69. The summed E-state index contributed by atoms with van der Waals surface area (Å²) in [5.74, 6) is 0.487. The first kappa shape index (κ1) is 13.3. The molecular weight excluding hydrogens is 256 g/mol. The lowest BCUT2D eigenvalue weighted by atomic mass is 10.2. The van der Waals surface area contributed by atoms with Crippen molar-refractivity contribution in [2.24, 2.45) is 10.9 Å². The molecule has 1 aromatic rings. The molecule has 1 aliphatic carbocycles. The Balaban J connectivity index is 2.07. The van der Waals surface area contributed by atoms with E-state index in [4.69, 9.17) is 15.6 Å². The van der Waals surface area contributed by atoms with Crippen LogP contribution in [0.3, 0.4) is 0 Å². The van der Waals surface area contributed by atoms with Gasteiger partial charge in [0.15, 0.2) is 0 Å². The van der Waals surface area contributed by atoms with E-state index in [2.05, 4.69) is 0 Å². The van der Waals surface area contributed by atoms with Crippen molar-refractivity contribution >= 4 is 10.0 Å². The first-order chi connectivity index (χ1) is 8.38. The zero-order valence-electron chi connectivity index (χ0n) is 9.69. The van der Waals surface area contributed by atoms with Gasteiger partial charge < -0.3 is 15.6 Å². The molecule has 1 aromatic carbocycles. The fraction of sp³-hybridized carbons (Fsp3) is 0.455. The lowest BCUT2D eigenvalue weighted by molar-refractivity contribution is 0.0521. The van der Waals surface area contributed by atoms with E-state index in [-0.39, 0.29) is 17.0 Å². The van der Waals surface area contributed by atoms with E-state index in [0.717, 1.165) is 0 Å².